The van der Waals surface area contributed by atoms with Crippen LogP contribution in [0.5, 0.6) is 0 Å². The molecule has 1 atom stereocenters. The Bertz CT molecular complexity index is 651. The largest absolute Gasteiger partial charge is 0.350 e. The summed E-state index contributed by atoms with van der Waals surface area (Å²) in [6.45, 7) is 1.99. The molecular formula is C17H21N3O2S. The molecule has 0 bridgehead atoms. The number of carbonyl (C=O) groups is 2. The Morgan fingerprint density at radius 3 is 2.39 bits per heavy atom. The lowest BCUT2D eigenvalue weighted by Crippen LogP contribution is -2.34. The molecule has 0 fully saturated rings. The fraction of sp³-hybridized carbons (Fsp3) is 0.294. The minimum atomic E-state index is -0.133. The van der Waals surface area contributed by atoms with Gasteiger partial charge in [-0.1, -0.05) is 0 Å². The second-order valence-corrected chi connectivity index (χ2v) is 6.28. The summed E-state index contributed by atoms with van der Waals surface area (Å²) in [7, 11) is 3.99. The fourth-order valence-electron chi connectivity index (χ4n) is 2.26. The van der Waals surface area contributed by atoms with E-state index in [0.29, 0.717) is 17.8 Å². The van der Waals surface area contributed by atoms with Crippen molar-refractivity contribution in [3.05, 3.63) is 52.2 Å². The van der Waals surface area contributed by atoms with Gasteiger partial charge >= 0.3 is 0 Å². The number of anilines is 1. The molecule has 122 valence electrons. The molecule has 0 aliphatic carbocycles. The van der Waals surface area contributed by atoms with Gasteiger partial charge in [0.15, 0.2) is 0 Å². The molecule has 1 heterocycles. The topological polar surface area (TPSA) is 61.4 Å². The van der Waals surface area contributed by atoms with E-state index in [4.69, 9.17) is 0 Å². The molecule has 0 saturated carbocycles. The first-order valence-corrected chi connectivity index (χ1v) is 8.26. The molecule has 2 aromatic rings. The van der Waals surface area contributed by atoms with Crippen LogP contribution in [0.2, 0.25) is 0 Å². The normalized spacial score (nSPS) is 12.0. The molecule has 0 aliphatic heterocycles. The highest BCUT2D eigenvalue weighted by atomic mass is 32.1. The molecule has 2 amide bonds. The van der Waals surface area contributed by atoms with Crippen molar-refractivity contribution in [2.45, 2.75) is 13.0 Å². The standard InChI is InChI=1S/C17H21N3O2S/c1-12(21)19-15-6-4-13(5-7-15)17(22)18-10-16(20(2)3)14-8-9-23-11-14/h4-9,11,16H,10H2,1-3H3,(H,18,22)(H,19,21). The van der Waals surface area contributed by atoms with Gasteiger partial charge in [0.2, 0.25) is 5.91 Å². The second kappa shape index (κ2) is 7.89. The number of nitrogens with one attached hydrogen (secondary N) is 2. The van der Waals surface area contributed by atoms with Crippen LogP contribution in [0, 0.1) is 0 Å². The number of hydrogen-bond acceptors (Lipinski definition) is 4. The summed E-state index contributed by atoms with van der Waals surface area (Å²) in [4.78, 5) is 25.3. The van der Waals surface area contributed by atoms with Crippen LogP contribution in [-0.4, -0.2) is 37.4 Å². The Morgan fingerprint density at radius 1 is 1.17 bits per heavy atom. The summed E-state index contributed by atoms with van der Waals surface area (Å²) in [5, 5.41) is 9.78. The van der Waals surface area contributed by atoms with Crippen molar-refractivity contribution >= 4 is 28.8 Å². The van der Waals surface area contributed by atoms with Crippen LogP contribution in [0.4, 0.5) is 5.69 Å². The Kier molecular flexibility index (Phi) is 5.90. The molecule has 5 nitrogen and oxygen atoms in total. The van der Waals surface area contributed by atoms with Gasteiger partial charge in [-0.05, 0) is 60.8 Å². The Morgan fingerprint density at radius 2 is 1.87 bits per heavy atom. The highest BCUT2D eigenvalue weighted by Gasteiger charge is 2.16. The summed E-state index contributed by atoms with van der Waals surface area (Å²) in [5.41, 5.74) is 2.45. The summed E-state index contributed by atoms with van der Waals surface area (Å²) in [5.74, 6) is -0.256. The highest BCUT2D eigenvalue weighted by Crippen LogP contribution is 2.20. The molecule has 1 aromatic carbocycles. The Balaban J connectivity index is 1.97. The molecule has 2 N–H and O–H groups in total. The van der Waals surface area contributed by atoms with Gasteiger partial charge in [-0.3, -0.25) is 9.59 Å². The molecule has 1 aromatic heterocycles. The van der Waals surface area contributed by atoms with Crippen LogP contribution in [0.1, 0.15) is 28.9 Å². The van der Waals surface area contributed by atoms with E-state index in [2.05, 4.69) is 27.0 Å². The lowest BCUT2D eigenvalue weighted by atomic mass is 10.1. The minimum absolute atomic E-state index is 0.124. The quantitative estimate of drug-likeness (QED) is 0.855. The molecule has 23 heavy (non-hydrogen) atoms. The van der Waals surface area contributed by atoms with Crippen molar-refractivity contribution in [2.24, 2.45) is 0 Å². The van der Waals surface area contributed by atoms with E-state index < -0.39 is 0 Å². The van der Waals surface area contributed by atoms with Crippen LogP contribution in [0.15, 0.2) is 41.1 Å². The number of nitrogens with zero attached hydrogens (tertiary/aromatic N) is 1. The summed E-state index contributed by atoms with van der Waals surface area (Å²) < 4.78 is 0. The molecule has 2 rings (SSSR count). The first kappa shape index (κ1) is 17.2. The van der Waals surface area contributed by atoms with E-state index in [9.17, 15) is 9.59 Å². The number of hydrogen-bond donors (Lipinski definition) is 2. The lowest BCUT2D eigenvalue weighted by molar-refractivity contribution is -0.114. The number of amides is 2. The van der Waals surface area contributed by atoms with Crippen LogP contribution in [0.3, 0.4) is 0 Å². The fourth-order valence-corrected chi connectivity index (χ4v) is 2.97. The van der Waals surface area contributed by atoms with E-state index in [-0.39, 0.29) is 17.9 Å². The molecule has 0 saturated heterocycles. The van der Waals surface area contributed by atoms with Gasteiger partial charge in [0.05, 0.1) is 6.04 Å². The summed E-state index contributed by atoms with van der Waals surface area (Å²) >= 11 is 1.65. The summed E-state index contributed by atoms with van der Waals surface area (Å²) in [6, 6.07) is 9.07. The molecule has 1 unspecified atom stereocenters. The summed E-state index contributed by atoms with van der Waals surface area (Å²) in [6.07, 6.45) is 0. The van der Waals surface area contributed by atoms with Crippen molar-refractivity contribution in [3.63, 3.8) is 0 Å². The average molecular weight is 331 g/mol. The van der Waals surface area contributed by atoms with Gasteiger partial charge in [-0.2, -0.15) is 11.3 Å². The predicted molar refractivity (Wildman–Crippen MR) is 93.8 cm³/mol. The average Bonchev–Trinajstić information content (AvgIpc) is 3.01. The van der Waals surface area contributed by atoms with Crippen molar-refractivity contribution in [2.75, 3.05) is 26.0 Å². The maximum atomic E-state index is 12.3. The SMILES string of the molecule is CC(=O)Nc1ccc(C(=O)NCC(c2ccsc2)N(C)C)cc1. The zero-order chi connectivity index (χ0) is 16.8. The molecule has 6 heteroatoms. The second-order valence-electron chi connectivity index (χ2n) is 5.50. The van der Waals surface area contributed by atoms with Crippen LogP contribution >= 0.6 is 11.3 Å². The Hall–Kier alpha value is -2.18. The molecular weight excluding hydrogens is 310 g/mol. The molecule has 0 aliphatic rings. The van der Waals surface area contributed by atoms with Crippen molar-refractivity contribution in [1.29, 1.82) is 0 Å². The van der Waals surface area contributed by atoms with Gasteiger partial charge in [0.25, 0.3) is 5.91 Å². The maximum absolute atomic E-state index is 12.3. The van der Waals surface area contributed by atoms with Gasteiger partial charge in [-0.25, -0.2) is 0 Å². The first-order valence-electron chi connectivity index (χ1n) is 7.31. The van der Waals surface area contributed by atoms with Crippen LogP contribution in [-0.2, 0) is 4.79 Å². The van der Waals surface area contributed by atoms with E-state index in [0.717, 1.165) is 0 Å². The predicted octanol–water partition coefficient (Wildman–Crippen LogP) is 2.74. The van der Waals surface area contributed by atoms with Gasteiger partial charge in [0, 0.05) is 24.7 Å². The number of rotatable bonds is 6. The van der Waals surface area contributed by atoms with E-state index in [1.165, 1.54) is 12.5 Å². The number of carbonyl (C=O) groups excluding carboxylic acids is 2. The van der Waals surface area contributed by atoms with Gasteiger partial charge in [0.1, 0.15) is 0 Å². The monoisotopic (exact) mass is 331 g/mol. The van der Waals surface area contributed by atoms with Gasteiger partial charge in [-0.15, -0.1) is 0 Å². The Labute approximate surface area is 140 Å². The third-order valence-electron chi connectivity index (χ3n) is 3.47. The van der Waals surface area contributed by atoms with Crippen LogP contribution < -0.4 is 10.6 Å². The van der Waals surface area contributed by atoms with E-state index in [1.807, 2.05) is 19.5 Å². The zero-order valence-corrected chi connectivity index (χ0v) is 14.3. The first-order chi connectivity index (χ1) is 11.0. The van der Waals surface area contributed by atoms with Gasteiger partial charge < -0.3 is 15.5 Å². The third-order valence-corrected chi connectivity index (χ3v) is 4.18. The number of likely N-dealkylation sites (N-methyl/N-ethyl adjacent to an activating group) is 1. The molecule has 0 radical (unpaired) electrons. The molecule has 0 spiro atoms. The maximum Gasteiger partial charge on any atom is 0.251 e. The van der Waals surface area contributed by atoms with E-state index in [1.54, 1.807) is 35.6 Å². The number of benzene rings is 1. The third kappa shape index (κ3) is 4.91. The van der Waals surface area contributed by atoms with Crippen molar-refractivity contribution in [1.82, 2.24) is 10.2 Å². The van der Waals surface area contributed by atoms with Crippen molar-refractivity contribution in [3.8, 4) is 0 Å². The smallest absolute Gasteiger partial charge is 0.251 e. The van der Waals surface area contributed by atoms with Crippen LogP contribution in [0.25, 0.3) is 0 Å². The van der Waals surface area contributed by atoms with Crippen molar-refractivity contribution < 1.29 is 9.59 Å². The van der Waals surface area contributed by atoms with E-state index >= 15 is 0 Å². The lowest BCUT2D eigenvalue weighted by Gasteiger charge is -2.24. The number of thiophene rings is 1. The zero-order valence-electron chi connectivity index (χ0n) is 13.5. The minimum Gasteiger partial charge on any atom is -0.350 e. The highest BCUT2D eigenvalue weighted by molar-refractivity contribution is 7.07.